The predicted octanol–water partition coefficient (Wildman–Crippen LogP) is 2.78. The van der Waals surface area contributed by atoms with Crippen LogP contribution in [-0.4, -0.2) is 18.5 Å². The van der Waals surface area contributed by atoms with Gasteiger partial charge in [0, 0.05) is 18.6 Å². The van der Waals surface area contributed by atoms with Gasteiger partial charge in [-0.3, -0.25) is 4.99 Å². The van der Waals surface area contributed by atoms with Crippen LogP contribution in [0.4, 0.5) is 0 Å². The first-order valence-corrected chi connectivity index (χ1v) is 5.86. The number of nitrogens with one attached hydrogen (secondary N) is 1. The molecular weight excluding hydrogens is 216 g/mol. The van der Waals surface area contributed by atoms with Crippen molar-refractivity contribution in [2.24, 2.45) is 4.99 Å². The topological polar surface area (TPSA) is 24.4 Å². The molecular formula is C10H13ClN2S. The normalized spacial score (nSPS) is 11.5. The number of hydrogen-bond acceptors (Lipinski definition) is 2. The van der Waals surface area contributed by atoms with Gasteiger partial charge in [0.15, 0.2) is 5.17 Å². The van der Waals surface area contributed by atoms with E-state index in [1.165, 1.54) is 0 Å². The summed E-state index contributed by atoms with van der Waals surface area (Å²) in [5.74, 6) is 0. The van der Waals surface area contributed by atoms with Gasteiger partial charge in [-0.25, -0.2) is 0 Å². The number of aliphatic imine (C=N–C) groups is 1. The molecule has 14 heavy (non-hydrogen) atoms. The van der Waals surface area contributed by atoms with E-state index in [0.29, 0.717) is 6.54 Å². The lowest BCUT2D eigenvalue weighted by molar-refractivity contribution is 0.925. The third-order valence-electron chi connectivity index (χ3n) is 1.78. The maximum absolute atomic E-state index is 6.01. The van der Waals surface area contributed by atoms with Crippen molar-refractivity contribution in [3.8, 4) is 0 Å². The van der Waals surface area contributed by atoms with E-state index in [4.69, 9.17) is 11.6 Å². The monoisotopic (exact) mass is 228 g/mol. The molecule has 0 heterocycles. The minimum Gasteiger partial charge on any atom is -0.361 e. The van der Waals surface area contributed by atoms with Crippen LogP contribution >= 0.6 is 23.4 Å². The first-order chi connectivity index (χ1) is 6.77. The van der Waals surface area contributed by atoms with Crippen molar-refractivity contribution in [3.63, 3.8) is 0 Å². The Bertz CT molecular complexity index is 326. The van der Waals surface area contributed by atoms with Crippen LogP contribution in [0.25, 0.3) is 0 Å². The smallest absolute Gasteiger partial charge is 0.156 e. The molecule has 0 aliphatic carbocycles. The quantitative estimate of drug-likeness (QED) is 0.622. The number of hydrogen-bond donors (Lipinski definition) is 1. The molecule has 0 aliphatic rings. The van der Waals surface area contributed by atoms with Crippen LogP contribution in [0.1, 0.15) is 5.56 Å². The molecule has 0 radical (unpaired) electrons. The maximum atomic E-state index is 6.01. The Kier molecular flexibility index (Phi) is 4.84. The molecule has 0 aromatic heterocycles. The summed E-state index contributed by atoms with van der Waals surface area (Å²) in [7, 11) is 1.77. The van der Waals surface area contributed by atoms with Crippen LogP contribution in [-0.2, 0) is 6.54 Å². The Morgan fingerprint density at radius 3 is 2.79 bits per heavy atom. The lowest BCUT2D eigenvalue weighted by Gasteiger charge is -2.07. The summed E-state index contributed by atoms with van der Waals surface area (Å²) in [4.78, 5) is 4.08. The maximum Gasteiger partial charge on any atom is 0.156 e. The molecule has 0 bridgehead atoms. The summed E-state index contributed by atoms with van der Waals surface area (Å²) >= 11 is 7.60. The minimum absolute atomic E-state index is 0.715. The summed E-state index contributed by atoms with van der Waals surface area (Å²) < 4.78 is 0. The standard InChI is InChI=1S/C10H13ClN2S/c1-12-10(14-2)13-7-8-5-3-4-6-9(8)11/h3-6H,7H2,1-2H3,(H,12,13). The van der Waals surface area contributed by atoms with Gasteiger partial charge in [0.05, 0.1) is 0 Å². The Labute approximate surface area is 93.8 Å². The van der Waals surface area contributed by atoms with Crippen LogP contribution in [0.5, 0.6) is 0 Å². The third kappa shape index (κ3) is 3.24. The molecule has 0 aliphatic heterocycles. The molecule has 1 N–H and O–H groups in total. The Balaban J connectivity index is 2.58. The molecule has 0 amide bonds. The van der Waals surface area contributed by atoms with Crippen molar-refractivity contribution in [1.82, 2.24) is 5.32 Å². The van der Waals surface area contributed by atoms with Crippen molar-refractivity contribution >= 4 is 28.5 Å². The molecule has 0 fully saturated rings. The molecule has 0 atom stereocenters. The van der Waals surface area contributed by atoms with Crippen LogP contribution in [0, 0.1) is 0 Å². The Morgan fingerprint density at radius 1 is 1.50 bits per heavy atom. The van der Waals surface area contributed by atoms with E-state index in [2.05, 4.69) is 10.3 Å². The van der Waals surface area contributed by atoms with E-state index in [0.717, 1.165) is 15.8 Å². The average Bonchev–Trinajstić information content (AvgIpc) is 2.22. The fraction of sp³-hybridized carbons (Fsp3) is 0.300. The number of benzene rings is 1. The highest BCUT2D eigenvalue weighted by atomic mass is 35.5. The zero-order valence-corrected chi connectivity index (χ0v) is 9.82. The number of amidine groups is 1. The molecule has 0 unspecified atom stereocenters. The molecule has 0 saturated carbocycles. The molecule has 1 rings (SSSR count). The molecule has 4 heteroatoms. The van der Waals surface area contributed by atoms with Crippen LogP contribution in [0.15, 0.2) is 29.3 Å². The molecule has 1 aromatic carbocycles. The van der Waals surface area contributed by atoms with E-state index in [-0.39, 0.29) is 0 Å². The molecule has 76 valence electrons. The van der Waals surface area contributed by atoms with Crippen LogP contribution in [0.2, 0.25) is 5.02 Å². The Morgan fingerprint density at radius 2 is 2.21 bits per heavy atom. The lowest BCUT2D eigenvalue weighted by atomic mass is 10.2. The van der Waals surface area contributed by atoms with E-state index < -0.39 is 0 Å². The SMILES string of the molecule is CN=C(NCc1ccccc1Cl)SC. The van der Waals surface area contributed by atoms with Gasteiger partial charge in [-0.15, -0.1) is 0 Å². The second-order valence-electron chi connectivity index (χ2n) is 2.68. The van der Waals surface area contributed by atoms with Gasteiger partial charge >= 0.3 is 0 Å². The summed E-state index contributed by atoms with van der Waals surface area (Å²) in [6.07, 6.45) is 1.99. The summed E-state index contributed by atoms with van der Waals surface area (Å²) in [6, 6.07) is 7.79. The lowest BCUT2D eigenvalue weighted by Crippen LogP contribution is -2.19. The average molecular weight is 229 g/mol. The van der Waals surface area contributed by atoms with E-state index in [1.807, 2.05) is 30.5 Å². The highest BCUT2D eigenvalue weighted by Gasteiger charge is 1.99. The van der Waals surface area contributed by atoms with E-state index in [9.17, 15) is 0 Å². The highest BCUT2D eigenvalue weighted by molar-refractivity contribution is 8.13. The molecule has 2 nitrogen and oxygen atoms in total. The number of nitrogens with zero attached hydrogens (tertiary/aromatic N) is 1. The van der Waals surface area contributed by atoms with Gasteiger partial charge in [-0.05, 0) is 17.9 Å². The Hall–Kier alpha value is -0.670. The van der Waals surface area contributed by atoms with E-state index in [1.54, 1.807) is 18.8 Å². The molecule has 0 saturated heterocycles. The third-order valence-corrected chi connectivity index (χ3v) is 2.87. The minimum atomic E-state index is 0.715. The largest absolute Gasteiger partial charge is 0.361 e. The van der Waals surface area contributed by atoms with Crippen molar-refractivity contribution in [2.45, 2.75) is 6.54 Å². The number of thioether (sulfide) groups is 1. The zero-order chi connectivity index (χ0) is 10.4. The van der Waals surface area contributed by atoms with E-state index >= 15 is 0 Å². The zero-order valence-electron chi connectivity index (χ0n) is 8.25. The molecule has 0 spiro atoms. The van der Waals surface area contributed by atoms with Crippen LogP contribution in [0.3, 0.4) is 0 Å². The van der Waals surface area contributed by atoms with Gasteiger partial charge in [0.2, 0.25) is 0 Å². The number of rotatable bonds is 2. The van der Waals surface area contributed by atoms with Gasteiger partial charge in [0.25, 0.3) is 0 Å². The first kappa shape index (κ1) is 11.4. The van der Waals surface area contributed by atoms with Gasteiger partial charge in [-0.1, -0.05) is 41.6 Å². The predicted molar refractivity (Wildman–Crippen MR) is 65.2 cm³/mol. The van der Waals surface area contributed by atoms with Gasteiger partial charge < -0.3 is 5.32 Å². The molecule has 1 aromatic rings. The summed E-state index contributed by atoms with van der Waals surface area (Å²) in [5, 5.41) is 4.91. The fourth-order valence-corrected chi connectivity index (χ4v) is 1.66. The summed E-state index contributed by atoms with van der Waals surface area (Å²) in [5.41, 5.74) is 1.09. The fourth-order valence-electron chi connectivity index (χ4n) is 1.06. The second-order valence-corrected chi connectivity index (χ2v) is 3.88. The first-order valence-electron chi connectivity index (χ1n) is 4.26. The van der Waals surface area contributed by atoms with Crippen molar-refractivity contribution in [1.29, 1.82) is 0 Å². The highest BCUT2D eigenvalue weighted by Crippen LogP contribution is 2.14. The second kappa shape index (κ2) is 5.94. The van der Waals surface area contributed by atoms with Crippen molar-refractivity contribution < 1.29 is 0 Å². The van der Waals surface area contributed by atoms with Gasteiger partial charge in [-0.2, -0.15) is 0 Å². The van der Waals surface area contributed by atoms with Crippen molar-refractivity contribution in [2.75, 3.05) is 13.3 Å². The van der Waals surface area contributed by atoms with Crippen LogP contribution < -0.4 is 5.32 Å². The van der Waals surface area contributed by atoms with Gasteiger partial charge in [0.1, 0.15) is 0 Å². The number of halogens is 1. The van der Waals surface area contributed by atoms with Crippen molar-refractivity contribution in [3.05, 3.63) is 34.9 Å². The summed E-state index contributed by atoms with van der Waals surface area (Å²) in [6.45, 7) is 0.715.